The molecule has 106 valence electrons. The molecule has 0 aliphatic heterocycles. The Labute approximate surface area is 123 Å². The quantitative estimate of drug-likeness (QED) is 0.774. The zero-order chi connectivity index (χ0) is 14.7. The summed E-state index contributed by atoms with van der Waals surface area (Å²) >= 11 is 1.72. The van der Waals surface area contributed by atoms with Gasteiger partial charge in [-0.3, -0.25) is 4.79 Å². The number of methoxy groups -OCH3 is 1. The van der Waals surface area contributed by atoms with Crippen LogP contribution in [0.4, 0.5) is 5.69 Å². The van der Waals surface area contributed by atoms with E-state index in [2.05, 4.69) is 23.3 Å². The molecule has 2 rings (SSSR count). The Bertz CT molecular complexity index is 593. The molecule has 0 radical (unpaired) electrons. The minimum Gasteiger partial charge on any atom is -0.496 e. The molecule has 0 saturated heterocycles. The highest BCUT2D eigenvalue weighted by Gasteiger charge is 2.20. The summed E-state index contributed by atoms with van der Waals surface area (Å²) in [5.41, 5.74) is 1.54. The molecule has 20 heavy (non-hydrogen) atoms. The summed E-state index contributed by atoms with van der Waals surface area (Å²) in [6.07, 6.45) is 0. The maximum absolute atomic E-state index is 12.0. The lowest BCUT2D eigenvalue weighted by molar-refractivity contribution is 0.101. The monoisotopic (exact) mass is 289 g/mol. The average molecular weight is 289 g/mol. The molecule has 0 spiro atoms. The van der Waals surface area contributed by atoms with Crippen molar-refractivity contribution in [2.24, 2.45) is 0 Å². The van der Waals surface area contributed by atoms with Gasteiger partial charge in [-0.2, -0.15) is 0 Å². The van der Waals surface area contributed by atoms with Crippen LogP contribution in [0.25, 0.3) is 0 Å². The molecule has 3 nitrogen and oxygen atoms in total. The van der Waals surface area contributed by atoms with Crippen LogP contribution in [-0.2, 0) is 0 Å². The number of ketones is 1. The SMILES string of the molecule is COc1cccc(N(C)C(C)c2cccs2)c1C(C)=O. The first kappa shape index (κ1) is 14.6. The fraction of sp³-hybridized carbons (Fsp3) is 0.312. The van der Waals surface area contributed by atoms with Crippen molar-refractivity contribution in [2.45, 2.75) is 19.9 Å². The van der Waals surface area contributed by atoms with Crippen molar-refractivity contribution in [3.05, 3.63) is 46.2 Å². The summed E-state index contributed by atoms with van der Waals surface area (Å²) in [5.74, 6) is 0.642. The van der Waals surface area contributed by atoms with Crippen LogP contribution in [0.1, 0.15) is 35.1 Å². The first-order valence-electron chi connectivity index (χ1n) is 6.50. The van der Waals surface area contributed by atoms with E-state index >= 15 is 0 Å². The number of anilines is 1. The molecule has 1 aromatic heterocycles. The van der Waals surface area contributed by atoms with Crippen LogP contribution in [-0.4, -0.2) is 19.9 Å². The lowest BCUT2D eigenvalue weighted by Gasteiger charge is -2.28. The molecule has 1 aromatic carbocycles. The summed E-state index contributed by atoms with van der Waals surface area (Å²) in [7, 11) is 3.60. The third-order valence-corrected chi connectivity index (χ3v) is 4.53. The first-order valence-corrected chi connectivity index (χ1v) is 7.38. The Morgan fingerprint density at radius 3 is 2.60 bits per heavy atom. The number of nitrogens with zero attached hydrogens (tertiary/aromatic N) is 1. The number of hydrogen-bond acceptors (Lipinski definition) is 4. The smallest absolute Gasteiger partial charge is 0.165 e. The van der Waals surface area contributed by atoms with Crippen molar-refractivity contribution in [3.63, 3.8) is 0 Å². The average Bonchev–Trinajstić information content (AvgIpc) is 2.98. The number of hydrogen-bond donors (Lipinski definition) is 0. The van der Waals surface area contributed by atoms with Gasteiger partial charge in [0.15, 0.2) is 5.78 Å². The summed E-state index contributed by atoms with van der Waals surface area (Å²) in [4.78, 5) is 15.3. The second kappa shape index (κ2) is 6.09. The van der Waals surface area contributed by atoms with Crippen molar-refractivity contribution in [1.82, 2.24) is 0 Å². The van der Waals surface area contributed by atoms with Crippen molar-refractivity contribution in [2.75, 3.05) is 19.1 Å². The van der Waals surface area contributed by atoms with Gasteiger partial charge in [-0.25, -0.2) is 0 Å². The van der Waals surface area contributed by atoms with Gasteiger partial charge in [-0.1, -0.05) is 12.1 Å². The lowest BCUT2D eigenvalue weighted by Crippen LogP contribution is -2.23. The van der Waals surface area contributed by atoms with Crippen LogP contribution in [0.5, 0.6) is 5.75 Å². The standard InChI is InChI=1S/C16H19NO2S/c1-11(15-9-6-10-20-15)17(3)13-7-5-8-14(19-4)16(13)12(2)18/h5-11H,1-4H3. The fourth-order valence-corrected chi connectivity index (χ4v) is 3.09. The Kier molecular flexibility index (Phi) is 4.45. The van der Waals surface area contributed by atoms with Crippen molar-refractivity contribution < 1.29 is 9.53 Å². The van der Waals surface area contributed by atoms with Crippen LogP contribution < -0.4 is 9.64 Å². The number of benzene rings is 1. The number of carbonyl (C=O) groups excluding carboxylic acids is 1. The van der Waals surface area contributed by atoms with Gasteiger partial charge in [-0.05, 0) is 37.4 Å². The molecule has 4 heteroatoms. The summed E-state index contributed by atoms with van der Waals surface area (Å²) in [6, 6.07) is 10.1. The number of ether oxygens (including phenoxy) is 1. The van der Waals surface area contributed by atoms with Gasteiger partial charge in [0.1, 0.15) is 5.75 Å². The highest BCUT2D eigenvalue weighted by molar-refractivity contribution is 7.10. The molecule has 0 amide bonds. The van der Waals surface area contributed by atoms with Gasteiger partial charge in [-0.15, -0.1) is 11.3 Å². The van der Waals surface area contributed by atoms with E-state index in [1.54, 1.807) is 25.4 Å². The van der Waals surface area contributed by atoms with Gasteiger partial charge in [0.2, 0.25) is 0 Å². The molecule has 0 aliphatic carbocycles. The second-order valence-electron chi connectivity index (χ2n) is 4.71. The van der Waals surface area contributed by atoms with Crippen molar-refractivity contribution >= 4 is 22.8 Å². The molecular weight excluding hydrogens is 270 g/mol. The summed E-state index contributed by atoms with van der Waals surface area (Å²) < 4.78 is 5.32. The molecule has 0 bridgehead atoms. The van der Waals surface area contributed by atoms with Crippen LogP contribution >= 0.6 is 11.3 Å². The number of carbonyl (C=O) groups is 1. The van der Waals surface area contributed by atoms with E-state index in [1.165, 1.54) is 4.88 Å². The number of thiophene rings is 1. The van der Waals surface area contributed by atoms with Gasteiger partial charge in [0.05, 0.1) is 24.4 Å². The first-order chi connectivity index (χ1) is 9.56. The third-order valence-electron chi connectivity index (χ3n) is 3.49. The molecule has 0 fully saturated rings. The fourth-order valence-electron chi connectivity index (χ4n) is 2.27. The normalized spacial score (nSPS) is 12.0. The Balaban J connectivity index is 2.44. The Morgan fingerprint density at radius 2 is 2.05 bits per heavy atom. The predicted octanol–water partition coefficient (Wildman–Crippen LogP) is 4.16. The van der Waals surface area contributed by atoms with Crippen molar-refractivity contribution in [3.8, 4) is 5.75 Å². The van der Waals surface area contributed by atoms with E-state index < -0.39 is 0 Å². The predicted molar refractivity (Wildman–Crippen MR) is 84.1 cm³/mol. The lowest BCUT2D eigenvalue weighted by atomic mass is 10.1. The topological polar surface area (TPSA) is 29.5 Å². The molecule has 0 N–H and O–H groups in total. The molecule has 1 heterocycles. The van der Waals surface area contributed by atoms with E-state index in [-0.39, 0.29) is 11.8 Å². The van der Waals surface area contributed by atoms with Gasteiger partial charge < -0.3 is 9.64 Å². The summed E-state index contributed by atoms with van der Waals surface area (Å²) in [6.45, 7) is 3.71. The highest BCUT2D eigenvalue weighted by Crippen LogP contribution is 2.34. The maximum Gasteiger partial charge on any atom is 0.165 e. The number of rotatable bonds is 5. The van der Waals surface area contributed by atoms with Crippen molar-refractivity contribution in [1.29, 1.82) is 0 Å². The van der Waals surface area contributed by atoms with Crippen LogP contribution in [0.2, 0.25) is 0 Å². The molecule has 1 unspecified atom stereocenters. The molecule has 0 aliphatic rings. The molecule has 1 atom stereocenters. The Hall–Kier alpha value is -1.81. The van der Waals surface area contributed by atoms with Gasteiger partial charge in [0, 0.05) is 11.9 Å². The number of Topliss-reactive ketones (excluding diaryl/α,β-unsaturated/α-hetero) is 1. The largest absolute Gasteiger partial charge is 0.496 e. The van der Waals surface area contributed by atoms with Gasteiger partial charge in [0.25, 0.3) is 0 Å². The molecule has 2 aromatic rings. The van der Waals surface area contributed by atoms with Crippen LogP contribution in [0, 0.1) is 0 Å². The van der Waals surface area contributed by atoms with E-state index in [0.29, 0.717) is 11.3 Å². The molecular formula is C16H19NO2S. The third kappa shape index (κ3) is 2.70. The van der Waals surface area contributed by atoms with Crippen LogP contribution in [0.3, 0.4) is 0 Å². The van der Waals surface area contributed by atoms with E-state index in [4.69, 9.17) is 4.74 Å². The minimum absolute atomic E-state index is 0.0164. The minimum atomic E-state index is 0.0164. The second-order valence-corrected chi connectivity index (χ2v) is 5.69. The highest BCUT2D eigenvalue weighted by atomic mass is 32.1. The zero-order valence-corrected chi connectivity index (χ0v) is 13.0. The Morgan fingerprint density at radius 1 is 1.30 bits per heavy atom. The molecule has 0 saturated carbocycles. The van der Waals surface area contributed by atoms with E-state index in [0.717, 1.165) is 5.69 Å². The van der Waals surface area contributed by atoms with E-state index in [9.17, 15) is 4.79 Å². The summed E-state index contributed by atoms with van der Waals surface area (Å²) in [5, 5.41) is 2.07. The van der Waals surface area contributed by atoms with Crippen LogP contribution in [0.15, 0.2) is 35.7 Å². The zero-order valence-electron chi connectivity index (χ0n) is 12.2. The van der Waals surface area contributed by atoms with Gasteiger partial charge >= 0.3 is 0 Å². The maximum atomic E-state index is 12.0. The van der Waals surface area contributed by atoms with E-state index in [1.807, 2.05) is 31.3 Å².